The summed E-state index contributed by atoms with van der Waals surface area (Å²) in [5.74, 6) is -0.521. The third-order valence-corrected chi connectivity index (χ3v) is 6.19. The van der Waals surface area contributed by atoms with Crippen molar-refractivity contribution in [2.24, 2.45) is 11.3 Å². The molecule has 2 aliphatic rings. The van der Waals surface area contributed by atoms with Crippen LogP contribution in [0.25, 0.3) is 0 Å². The van der Waals surface area contributed by atoms with Crippen molar-refractivity contribution in [2.75, 3.05) is 26.2 Å². The van der Waals surface area contributed by atoms with E-state index in [1.807, 2.05) is 35.2 Å². The molecule has 5 nitrogen and oxygen atoms in total. The number of amides is 1. The molecule has 142 valence electrons. The van der Waals surface area contributed by atoms with Crippen LogP contribution in [-0.4, -0.2) is 59.0 Å². The van der Waals surface area contributed by atoms with Gasteiger partial charge in [0.1, 0.15) is 0 Å². The van der Waals surface area contributed by atoms with Crippen molar-refractivity contribution in [3.05, 3.63) is 35.9 Å². The number of carboxylic acids is 1. The molecule has 3 rings (SSSR count). The Labute approximate surface area is 156 Å². The van der Waals surface area contributed by atoms with E-state index in [2.05, 4.69) is 18.7 Å². The summed E-state index contributed by atoms with van der Waals surface area (Å²) < 4.78 is 0. The van der Waals surface area contributed by atoms with Crippen LogP contribution in [0.2, 0.25) is 0 Å². The predicted molar refractivity (Wildman–Crippen MR) is 101 cm³/mol. The van der Waals surface area contributed by atoms with E-state index in [9.17, 15) is 14.7 Å². The van der Waals surface area contributed by atoms with E-state index in [0.717, 1.165) is 19.4 Å². The third-order valence-electron chi connectivity index (χ3n) is 6.19. The molecule has 0 radical (unpaired) electrons. The van der Waals surface area contributed by atoms with Crippen LogP contribution < -0.4 is 0 Å². The number of hydrogen-bond acceptors (Lipinski definition) is 3. The van der Waals surface area contributed by atoms with E-state index in [-0.39, 0.29) is 11.8 Å². The molecule has 26 heavy (non-hydrogen) atoms. The molecule has 0 unspecified atom stereocenters. The van der Waals surface area contributed by atoms with E-state index in [0.29, 0.717) is 38.5 Å². The van der Waals surface area contributed by atoms with E-state index in [1.54, 1.807) is 0 Å². The molecule has 2 heterocycles. The van der Waals surface area contributed by atoms with Crippen molar-refractivity contribution < 1.29 is 14.7 Å². The third kappa shape index (κ3) is 3.78. The van der Waals surface area contributed by atoms with Crippen molar-refractivity contribution in [3.8, 4) is 0 Å². The minimum absolute atomic E-state index is 0.0191. The molecule has 1 amide bonds. The number of carboxylic acid groups (broad SMARTS) is 1. The normalized spacial score (nSPS) is 26.6. The van der Waals surface area contributed by atoms with Gasteiger partial charge in [-0.05, 0) is 38.7 Å². The Kier molecular flexibility index (Phi) is 5.66. The summed E-state index contributed by atoms with van der Waals surface area (Å²) in [7, 11) is 0. The zero-order chi connectivity index (χ0) is 18.7. The summed E-state index contributed by atoms with van der Waals surface area (Å²) in [6, 6.07) is 10.4. The number of likely N-dealkylation sites (tertiary alicyclic amines) is 2. The van der Waals surface area contributed by atoms with Crippen molar-refractivity contribution in [1.82, 2.24) is 9.80 Å². The van der Waals surface area contributed by atoms with Crippen molar-refractivity contribution >= 4 is 11.9 Å². The van der Waals surface area contributed by atoms with Gasteiger partial charge >= 0.3 is 5.97 Å². The van der Waals surface area contributed by atoms with Crippen molar-refractivity contribution in [1.29, 1.82) is 0 Å². The summed E-state index contributed by atoms with van der Waals surface area (Å²) in [5, 5.41) is 9.97. The van der Waals surface area contributed by atoms with Gasteiger partial charge in [0.25, 0.3) is 0 Å². The van der Waals surface area contributed by atoms with E-state index in [1.165, 1.54) is 5.56 Å². The molecule has 1 aromatic carbocycles. The Bertz CT molecular complexity index is 646. The van der Waals surface area contributed by atoms with Crippen LogP contribution in [-0.2, 0) is 16.0 Å². The first-order valence-electron chi connectivity index (χ1n) is 9.71. The highest BCUT2D eigenvalue weighted by atomic mass is 16.4. The second kappa shape index (κ2) is 7.78. The quantitative estimate of drug-likeness (QED) is 0.879. The van der Waals surface area contributed by atoms with Crippen LogP contribution in [0.5, 0.6) is 0 Å². The van der Waals surface area contributed by atoms with E-state index in [4.69, 9.17) is 0 Å². The van der Waals surface area contributed by atoms with E-state index >= 15 is 0 Å². The summed E-state index contributed by atoms with van der Waals surface area (Å²) in [6.45, 7) is 6.86. The lowest BCUT2D eigenvalue weighted by atomic mass is 9.75. The lowest BCUT2D eigenvalue weighted by Gasteiger charge is -2.29. The highest BCUT2D eigenvalue weighted by molar-refractivity contribution is 5.78. The number of carbonyl (C=O) groups is 2. The Morgan fingerprint density at radius 1 is 1.23 bits per heavy atom. The van der Waals surface area contributed by atoms with Gasteiger partial charge in [-0.15, -0.1) is 0 Å². The SMILES string of the molecule is CC(C)N1C[C@@H]2CN(C(=O)CCc3ccccc3)CCC[C@]2(C(=O)O)C1. The molecule has 1 aromatic rings. The molecule has 2 atom stereocenters. The lowest BCUT2D eigenvalue weighted by Crippen LogP contribution is -2.42. The molecule has 0 bridgehead atoms. The molecule has 0 aromatic heterocycles. The minimum Gasteiger partial charge on any atom is -0.481 e. The molecule has 2 fully saturated rings. The highest BCUT2D eigenvalue weighted by Crippen LogP contribution is 2.43. The summed E-state index contributed by atoms with van der Waals surface area (Å²) in [4.78, 5) is 29.1. The van der Waals surface area contributed by atoms with Gasteiger partial charge in [0.2, 0.25) is 5.91 Å². The standard InChI is InChI=1S/C21H30N2O3/c1-16(2)23-14-18-13-22(12-6-11-21(18,15-23)20(25)26)19(24)10-9-17-7-4-3-5-8-17/h3-5,7-8,16,18H,6,9-15H2,1-2H3,(H,25,26)/t18-,21-/m0/s1. The topological polar surface area (TPSA) is 60.9 Å². The van der Waals surface area contributed by atoms with Gasteiger partial charge in [0.15, 0.2) is 0 Å². The monoisotopic (exact) mass is 358 g/mol. The summed E-state index contributed by atoms with van der Waals surface area (Å²) in [5.41, 5.74) is 0.473. The van der Waals surface area contributed by atoms with E-state index < -0.39 is 11.4 Å². The summed E-state index contributed by atoms with van der Waals surface area (Å²) in [6.07, 6.45) is 2.66. The van der Waals surface area contributed by atoms with Crippen LogP contribution in [0.3, 0.4) is 0 Å². The van der Waals surface area contributed by atoms with Crippen molar-refractivity contribution in [2.45, 2.75) is 45.6 Å². The lowest BCUT2D eigenvalue weighted by molar-refractivity contribution is -0.151. The van der Waals surface area contributed by atoms with Crippen LogP contribution in [0.15, 0.2) is 30.3 Å². The summed E-state index contributed by atoms with van der Waals surface area (Å²) >= 11 is 0. The Morgan fingerprint density at radius 2 is 1.96 bits per heavy atom. The predicted octanol–water partition coefficient (Wildman–Crippen LogP) is 2.65. The van der Waals surface area contributed by atoms with Gasteiger partial charge in [-0.25, -0.2) is 0 Å². The number of aliphatic carboxylic acids is 1. The molecule has 0 spiro atoms. The number of carbonyl (C=O) groups excluding carboxylic acids is 1. The Morgan fingerprint density at radius 3 is 2.62 bits per heavy atom. The Balaban J connectivity index is 1.68. The smallest absolute Gasteiger partial charge is 0.311 e. The fraction of sp³-hybridized carbons (Fsp3) is 0.619. The average molecular weight is 358 g/mol. The van der Waals surface area contributed by atoms with Crippen molar-refractivity contribution in [3.63, 3.8) is 0 Å². The maximum Gasteiger partial charge on any atom is 0.311 e. The highest BCUT2D eigenvalue weighted by Gasteiger charge is 2.53. The first-order chi connectivity index (χ1) is 12.4. The molecule has 2 saturated heterocycles. The van der Waals surface area contributed by atoms with Gasteiger partial charge in [0.05, 0.1) is 5.41 Å². The molecule has 1 N–H and O–H groups in total. The van der Waals surface area contributed by atoms with Crippen LogP contribution in [0.1, 0.15) is 38.7 Å². The fourth-order valence-electron chi connectivity index (χ4n) is 4.50. The first-order valence-corrected chi connectivity index (χ1v) is 9.71. The molecule has 5 heteroatoms. The number of nitrogens with zero attached hydrogens (tertiary/aromatic N) is 2. The molecule has 0 saturated carbocycles. The van der Waals surface area contributed by atoms with Gasteiger partial charge in [-0.3, -0.25) is 14.5 Å². The zero-order valence-electron chi connectivity index (χ0n) is 15.9. The van der Waals surface area contributed by atoms with Gasteiger partial charge < -0.3 is 10.0 Å². The number of aryl methyl sites for hydroxylation is 1. The molecular formula is C21H30N2O3. The maximum atomic E-state index is 12.8. The minimum atomic E-state index is -0.696. The average Bonchev–Trinajstić information content (AvgIpc) is 2.90. The van der Waals surface area contributed by atoms with Crippen LogP contribution in [0.4, 0.5) is 0 Å². The van der Waals surface area contributed by atoms with Crippen LogP contribution in [0, 0.1) is 11.3 Å². The number of fused-ring (bicyclic) bond motifs is 1. The number of hydrogen-bond donors (Lipinski definition) is 1. The van der Waals surface area contributed by atoms with Crippen LogP contribution >= 0.6 is 0 Å². The van der Waals surface area contributed by atoms with Gasteiger partial charge in [-0.1, -0.05) is 30.3 Å². The fourth-order valence-corrected chi connectivity index (χ4v) is 4.50. The second-order valence-electron chi connectivity index (χ2n) is 8.11. The van der Waals surface area contributed by atoms with Gasteiger partial charge in [-0.2, -0.15) is 0 Å². The zero-order valence-corrected chi connectivity index (χ0v) is 15.9. The van der Waals surface area contributed by atoms with Gasteiger partial charge in [0, 0.05) is 44.6 Å². The second-order valence-corrected chi connectivity index (χ2v) is 8.11. The molecule has 2 aliphatic heterocycles. The molecule has 0 aliphatic carbocycles. The maximum absolute atomic E-state index is 12.8. The number of rotatable bonds is 5. The number of benzene rings is 1. The Hall–Kier alpha value is -1.88. The largest absolute Gasteiger partial charge is 0.481 e. The first kappa shape index (κ1) is 18.9. The molecular weight excluding hydrogens is 328 g/mol.